The molecule has 126 valence electrons. The number of carbonyl (C=O) groups is 1. The molecule has 2 atom stereocenters. The average molecular weight is 318 g/mol. The molecule has 5 heteroatoms. The number of benzene rings is 1. The average Bonchev–Trinajstić information content (AvgIpc) is 3.02. The Bertz CT molecular complexity index is 561. The third-order valence-corrected chi connectivity index (χ3v) is 5.15. The van der Waals surface area contributed by atoms with Crippen molar-refractivity contribution in [1.82, 2.24) is 10.2 Å². The highest BCUT2D eigenvalue weighted by atomic mass is 16.5. The number of likely N-dealkylation sites (tertiary alicyclic amines) is 1. The van der Waals surface area contributed by atoms with Gasteiger partial charge in [-0.15, -0.1) is 0 Å². The molecule has 5 nitrogen and oxygen atoms in total. The van der Waals surface area contributed by atoms with Crippen LogP contribution in [0.5, 0.6) is 0 Å². The van der Waals surface area contributed by atoms with Crippen LogP contribution >= 0.6 is 0 Å². The van der Waals surface area contributed by atoms with E-state index in [1.165, 1.54) is 16.7 Å². The Morgan fingerprint density at radius 3 is 3.13 bits per heavy atom. The number of fused-ring (bicyclic) bond motifs is 1. The molecule has 0 aliphatic carbocycles. The number of hydrogen-bond donors (Lipinski definition) is 2. The summed E-state index contributed by atoms with van der Waals surface area (Å²) in [4.78, 5) is 14.4. The van der Waals surface area contributed by atoms with Crippen LogP contribution in [0.3, 0.4) is 0 Å². The largest absolute Gasteiger partial charge is 0.396 e. The van der Waals surface area contributed by atoms with E-state index in [1.807, 2.05) is 11.0 Å². The topological polar surface area (TPSA) is 61.8 Å². The molecule has 2 unspecified atom stereocenters. The molecule has 2 heterocycles. The molecule has 0 bridgehead atoms. The van der Waals surface area contributed by atoms with Gasteiger partial charge in [0.25, 0.3) is 0 Å². The predicted molar refractivity (Wildman–Crippen MR) is 88.0 cm³/mol. The maximum absolute atomic E-state index is 12.5. The van der Waals surface area contributed by atoms with Crippen LogP contribution in [0, 0.1) is 5.92 Å². The van der Waals surface area contributed by atoms with E-state index in [0.717, 1.165) is 32.4 Å². The summed E-state index contributed by atoms with van der Waals surface area (Å²) in [5.41, 5.74) is 3.74. The molecule has 1 aromatic carbocycles. The Labute approximate surface area is 137 Å². The molecule has 0 spiro atoms. The number of aliphatic hydroxyl groups excluding tert-OH is 1. The predicted octanol–water partition coefficient (Wildman–Crippen LogP) is 2.06. The lowest BCUT2D eigenvalue weighted by Gasteiger charge is -2.27. The zero-order chi connectivity index (χ0) is 16.2. The Morgan fingerprint density at radius 2 is 2.35 bits per heavy atom. The molecule has 2 aliphatic heterocycles. The number of aliphatic hydroxyl groups is 1. The molecule has 0 saturated carbocycles. The van der Waals surface area contributed by atoms with Gasteiger partial charge in [0.1, 0.15) is 0 Å². The fraction of sp³-hybridized carbons (Fsp3) is 0.611. The van der Waals surface area contributed by atoms with Crippen LogP contribution in [0.2, 0.25) is 0 Å². The number of urea groups is 1. The SMILES string of the molecule is CCC1C(CO)CCN1C(=O)NCc1cccc2c1CCOC2. The first kappa shape index (κ1) is 16.3. The molecule has 2 aliphatic rings. The van der Waals surface area contributed by atoms with E-state index >= 15 is 0 Å². The van der Waals surface area contributed by atoms with Crippen LogP contribution in [0.1, 0.15) is 36.5 Å². The first-order valence-electron chi connectivity index (χ1n) is 8.57. The highest BCUT2D eigenvalue weighted by molar-refractivity contribution is 5.75. The van der Waals surface area contributed by atoms with Gasteiger partial charge in [0.15, 0.2) is 0 Å². The maximum atomic E-state index is 12.5. The van der Waals surface area contributed by atoms with Gasteiger partial charge in [-0.05, 0) is 36.0 Å². The van der Waals surface area contributed by atoms with Gasteiger partial charge >= 0.3 is 6.03 Å². The summed E-state index contributed by atoms with van der Waals surface area (Å²) < 4.78 is 5.49. The summed E-state index contributed by atoms with van der Waals surface area (Å²) in [6.07, 6.45) is 2.69. The van der Waals surface area contributed by atoms with Gasteiger partial charge in [0.05, 0.1) is 13.2 Å². The van der Waals surface area contributed by atoms with Crippen molar-refractivity contribution in [2.24, 2.45) is 5.92 Å². The van der Waals surface area contributed by atoms with Crippen molar-refractivity contribution in [3.63, 3.8) is 0 Å². The summed E-state index contributed by atoms with van der Waals surface area (Å²) in [6.45, 7) is 4.94. The number of nitrogens with zero attached hydrogens (tertiary/aromatic N) is 1. The molecular weight excluding hydrogens is 292 g/mol. The summed E-state index contributed by atoms with van der Waals surface area (Å²) in [6, 6.07) is 6.35. The first-order chi connectivity index (χ1) is 11.2. The zero-order valence-corrected chi connectivity index (χ0v) is 13.8. The lowest BCUT2D eigenvalue weighted by Crippen LogP contribution is -2.44. The third-order valence-electron chi connectivity index (χ3n) is 5.15. The van der Waals surface area contributed by atoms with Gasteiger partial charge in [-0.3, -0.25) is 0 Å². The number of amides is 2. The second-order valence-corrected chi connectivity index (χ2v) is 6.42. The van der Waals surface area contributed by atoms with E-state index in [4.69, 9.17) is 4.74 Å². The Balaban J connectivity index is 1.63. The van der Waals surface area contributed by atoms with Crippen LogP contribution in [-0.4, -0.2) is 41.8 Å². The quantitative estimate of drug-likeness (QED) is 0.893. The molecular formula is C18H26N2O3. The number of hydrogen-bond acceptors (Lipinski definition) is 3. The normalized spacial score (nSPS) is 23.7. The molecule has 0 aromatic heterocycles. The Hall–Kier alpha value is -1.59. The molecule has 2 N–H and O–H groups in total. The highest BCUT2D eigenvalue weighted by Crippen LogP contribution is 2.26. The van der Waals surface area contributed by atoms with Crippen molar-refractivity contribution < 1.29 is 14.6 Å². The molecule has 1 saturated heterocycles. The van der Waals surface area contributed by atoms with Crippen LogP contribution in [0.4, 0.5) is 4.79 Å². The van der Waals surface area contributed by atoms with Crippen molar-refractivity contribution in [1.29, 1.82) is 0 Å². The van der Waals surface area contributed by atoms with Gasteiger partial charge in [-0.2, -0.15) is 0 Å². The van der Waals surface area contributed by atoms with E-state index in [0.29, 0.717) is 13.2 Å². The van der Waals surface area contributed by atoms with E-state index in [1.54, 1.807) is 0 Å². The molecule has 2 amide bonds. The summed E-state index contributed by atoms with van der Waals surface area (Å²) >= 11 is 0. The fourth-order valence-electron chi connectivity index (χ4n) is 3.87. The molecule has 0 radical (unpaired) electrons. The maximum Gasteiger partial charge on any atom is 0.317 e. The monoisotopic (exact) mass is 318 g/mol. The first-order valence-corrected chi connectivity index (χ1v) is 8.57. The summed E-state index contributed by atoms with van der Waals surface area (Å²) in [5.74, 6) is 0.215. The number of nitrogens with one attached hydrogen (secondary N) is 1. The van der Waals surface area contributed by atoms with Crippen LogP contribution in [0.25, 0.3) is 0 Å². The summed E-state index contributed by atoms with van der Waals surface area (Å²) in [7, 11) is 0. The van der Waals surface area contributed by atoms with Crippen molar-refractivity contribution in [2.75, 3.05) is 19.8 Å². The van der Waals surface area contributed by atoms with E-state index in [-0.39, 0.29) is 24.6 Å². The lowest BCUT2D eigenvalue weighted by molar-refractivity contribution is 0.110. The Kier molecular flexibility index (Phi) is 5.18. The molecule has 23 heavy (non-hydrogen) atoms. The van der Waals surface area contributed by atoms with Gasteiger partial charge < -0.3 is 20.1 Å². The standard InChI is InChI=1S/C18H26N2O3/c1-2-17-14(11-21)6-8-20(17)18(22)19-10-13-4-3-5-15-12-23-9-7-16(13)15/h3-5,14,17,21H,2,6-12H2,1H3,(H,19,22). The van der Waals surface area contributed by atoms with E-state index in [2.05, 4.69) is 24.4 Å². The second kappa shape index (κ2) is 7.32. The lowest BCUT2D eigenvalue weighted by atomic mass is 9.97. The summed E-state index contributed by atoms with van der Waals surface area (Å²) in [5, 5.41) is 12.5. The van der Waals surface area contributed by atoms with Gasteiger partial charge in [-0.1, -0.05) is 25.1 Å². The molecule has 1 fully saturated rings. The molecule has 3 rings (SSSR count). The minimum Gasteiger partial charge on any atom is -0.396 e. The van der Waals surface area contributed by atoms with E-state index < -0.39 is 0 Å². The van der Waals surface area contributed by atoms with Gasteiger partial charge in [0.2, 0.25) is 0 Å². The van der Waals surface area contributed by atoms with Crippen molar-refractivity contribution in [3.05, 3.63) is 34.9 Å². The van der Waals surface area contributed by atoms with Crippen molar-refractivity contribution in [2.45, 2.75) is 45.4 Å². The Morgan fingerprint density at radius 1 is 1.48 bits per heavy atom. The number of ether oxygens (including phenoxy) is 1. The highest BCUT2D eigenvalue weighted by Gasteiger charge is 2.35. The third kappa shape index (κ3) is 3.35. The van der Waals surface area contributed by atoms with Crippen molar-refractivity contribution in [3.8, 4) is 0 Å². The van der Waals surface area contributed by atoms with Crippen molar-refractivity contribution >= 4 is 6.03 Å². The minimum atomic E-state index is -0.0162. The minimum absolute atomic E-state index is 0.0162. The molecule has 1 aromatic rings. The smallest absolute Gasteiger partial charge is 0.317 e. The van der Waals surface area contributed by atoms with E-state index in [9.17, 15) is 9.90 Å². The zero-order valence-electron chi connectivity index (χ0n) is 13.8. The number of rotatable bonds is 4. The second-order valence-electron chi connectivity index (χ2n) is 6.42. The van der Waals surface area contributed by atoms with Crippen LogP contribution in [-0.2, 0) is 24.3 Å². The van der Waals surface area contributed by atoms with Crippen LogP contribution in [0.15, 0.2) is 18.2 Å². The van der Waals surface area contributed by atoms with Gasteiger partial charge in [0, 0.05) is 31.7 Å². The number of carbonyl (C=O) groups excluding carboxylic acids is 1. The fourth-order valence-corrected chi connectivity index (χ4v) is 3.87. The van der Waals surface area contributed by atoms with Gasteiger partial charge in [-0.25, -0.2) is 4.79 Å². The van der Waals surface area contributed by atoms with Crippen LogP contribution < -0.4 is 5.32 Å².